The summed E-state index contributed by atoms with van der Waals surface area (Å²) in [5.41, 5.74) is 6.33. The van der Waals surface area contributed by atoms with Crippen molar-refractivity contribution in [1.82, 2.24) is 4.90 Å². The molecule has 1 unspecified atom stereocenters. The van der Waals surface area contributed by atoms with E-state index in [1.807, 2.05) is 4.90 Å². The summed E-state index contributed by atoms with van der Waals surface area (Å²) in [5, 5.41) is 0. The second kappa shape index (κ2) is 8.63. The van der Waals surface area contributed by atoms with Crippen molar-refractivity contribution >= 4 is 15.7 Å². The molecule has 0 spiro atoms. The van der Waals surface area contributed by atoms with Gasteiger partial charge in [-0.05, 0) is 49.7 Å². The molecule has 0 saturated carbocycles. The van der Waals surface area contributed by atoms with E-state index in [0.29, 0.717) is 18.9 Å². The molecule has 0 aromatic heterocycles. The lowest BCUT2D eigenvalue weighted by Crippen LogP contribution is -2.50. The van der Waals surface area contributed by atoms with E-state index in [-0.39, 0.29) is 53.8 Å². The van der Waals surface area contributed by atoms with E-state index in [0.717, 1.165) is 18.9 Å². The zero-order chi connectivity index (χ0) is 21.3. The summed E-state index contributed by atoms with van der Waals surface area (Å²) in [6.45, 7) is 1.56. The number of halogens is 3. The average molecular weight is 433 g/mol. The summed E-state index contributed by atoms with van der Waals surface area (Å²) in [6.07, 6.45) is 3.04. The number of nitrogens with two attached hydrogens (primary N) is 1. The summed E-state index contributed by atoms with van der Waals surface area (Å²) >= 11 is 0. The summed E-state index contributed by atoms with van der Waals surface area (Å²) in [4.78, 5) is 14.4. The van der Waals surface area contributed by atoms with E-state index < -0.39 is 33.3 Å². The Morgan fingerprint density at radius 1 is 1.14 bits per heavy atom. The highest BCUT2D eigenvalue weighted by Gasteiger charge is 2.44. The minimum absolute atomic E-state index is 0.00330. The highest BCUT2D eigenvalue weighted by atomic mass is 32.2. The second-order valence-electron chi connectivity index (χ2n) is 8.13. The van der Waals surface area contributed by atoms with Crippen molar-refractivity contribution in [1.29, 1.82) is 0 Å². The molecule has 2 aliphatic heterocycles. The fourth-order valence-corrected chi connectivity index (χ4v) is 5.41. The number of carbonyl (C=O) groups is 1. The standard InChI is InChI=1S/C20H27F3N2O3S/c1-2-29(27,28)6-5-20(26)25-14-3-4-15(25)8-13(7-14)19(24)10-12-9-17(22)18(23)11-16(12)21/h9,11,13-15,19H,2-8,10,24H2,1H3/t13-,14-,15+,19?. The molecule has 2 aliphatic rings. The van der Waals surface area contributed by atoms with Crippen molar-refractivity contribution in [3.8, 4) is 0 Å². The van der Waals surface area contributed by atoms with Gasteiger partial charge in [0.15, 0.2) is 21.5 Å². The zero-order valence-electron chi connectivity index (χ0n) is 16.4. The number of hydrogen-bond acceptors (Lipinski definition) is 4. The van der Waals surface area contributed by atoms with Crippen molar-refractivity contribution in [3.63, 3.8) is 0 Å². The average Bonchev–Trinajstić information content (AvgIpc) is 2.93. The quantitative estimate of drug-likeness (QED) is 0.672. The van der Waals surface area contributed by atoms with Crippen molar-refractivity contribution < 1.29 is 26.4 Å². The number of fused-ring (bicyclic) bond motifs is 2. The summed E-state index contributed by atoms with van der Waals surface area (Å²) in [5.74, 6) is -3.38. The number of piperidine rings is 1. The van der Waals surface area contributed by atoms with E-state index in [1.54, 1.807) is 6.92 Å². The summed E-state index contributed by atoms with van der Waals surface area (Å²) in [6, 6.07) is 0.946. The van der Waals surface area contributed by atoms with Gasteiger partial charge in [0.25, 0.3) is 0 Å². The van der Waals surface area contributed by atoms with Crippen LogP contribution in [0.4, 0.5) is 13.2 Å². The maximum atomic E-state index is 13.9. The molecule has 2 saturated heterocycles. The molecule has 0 radical (unpaired) electrons. The molecule has 4 atom stereocenters. The van der Waals surface area contributed by atoms with Crippen molar-refractivity contribution in [2.75, 3.05) is 11.5 Å². The van der Waals surface area contributed by atoms with Crippen molar-refractivity contribution in [2.45, 2.75) is 63.6 Å². The SMILES string of the molecule is CCS(=O)(=O)CCC(=O)N1[C@@H]2CC[C@H]1C[C@H](C(N)Cc1cc(F)c(F)cc1F)C2. The Morgan fingerprint density at radius 2 is 1.72 bits per heavy atom. The third-order valence-electron chi connectivity index (χ3n) is 6.27. The molecule has 1 aromatic rings. The molecule has 1 amide bonds. The Balaban J connectivity index is 1.62. The first-order chi connectivity index (χ1) is 13.6. The molecular formula is C20H27F3N2O3S. The van der Waals surface area contributed by atoms with Gasteiger partial charge in [0.2, 0.25) is 5.91 Å². The van der Waals surface area contributed by atoms with Crippen LogP contribution in [0.25, 0.3) is 0 Å². The van der Waals surface area contributed by atoms with Crippen LogP contribution in [0, 0.1) is 23.4 Å². The highest BCUT2D eigenvalue weighted by molar-refractivity contribution is 7.91. The predicted octanol–water partition coefficient (Wildman–Crippen LogP) is 2.57. The van der Waals surface area contributed by atoms with E-state index in [1.165, 1.54) is 0 Å². The van der Waals surface area contributed by atoms with Crippen LogP contribution in [-0.4, -0.2) is 48.9 Å². The molecule has 1 aromatic carbocycles. The van der Waals surface area contributed by atoms with Crippen LogP contribution in [0.2, 0.25) is 0 Å². The van der Waals surface area contributed by atoms with Gasteiger partial charge < -0.3 is 10.6 Å². The molecular weight excluding hydrogens is 405 g/mol. The van der Waals surface area contributed by atoms with E-state index in [4.69, 9.17) is 5.73 Å². The van der Waals surface area contributed by atoms with Gasteiger partial charge in [-0.2, -0.15) is 0 Å². The van der Waals surface area contributed by atoms with Crippen molar-refractivity contribution in [3.05, 3.63) is 35.1 Å². The molecule has 5 nitrogen and oxygen atoms in total. The largest absolute Gasteiger partial charge is 0.337 e. The minimum Gasteiger partial charge on any atom is -0.337 e. The van der Waals surface area contributed by atoms with Gasteiger partial charge >= 0.3 is 0 Å². The van der Waals surface area contributed by atoms with Crippen molar-refractivity contribution in [2.24, 2.45) is 11.7 Å². The molecule has 2 heterocycles. The van der Waals surface area contributed by atoms with Gasteiger partial charge in [-0.1, -0.05) is 6.92 Å². The maximum Gasteiger partial charge on any atom is 0.224 e. The lowest BCUT2D eigenvalue weighted by Gasteiger charge is -2.41. The lowest BCUT2D eigenvalue weighted by molar-refractivity contribution is -0.136. The molecule has 29 heavy (non-hydrogen) atoms. The molecule has 0 aliphatic carbocycles. The number of benzene rings is 1. The van der Waals surface area contributed by atoms with Gasteiger partial charge in [-0.15, -0.1) is 0 Å². The van der Waals surface area contributed by atoms with Crippen LogP contribution in [0.1, 0.15) is 44.6 Å². The molecule has 3 rings (SSSR count). The lowest BCUT2D eigenvalue weighted by atomic mass is 9.82. The molecule has 2 fully saturated rings. The topological polar surface area (TPSA) is 80.5 Å². The molecule has 2 N–H and O–H groups in total. The molecule has 162 valence electrons. The third kappa shape index (κ3) is 4.94. The van der Waals surface area contributed by atoms with E-state index >= 15 is 0 Å². The number of sulfone groups is 1. The van der Waals surface area contributed by atoms with Crippen LogP contribution >= 0.6 is 0 Å². The summed E-state index contributed by atoms with van der Waals surface area (Å²) in [7, 11) is -3.20. The minimum atomic E-state index is -3.20. The monoisotopic (exact) mass is 432 g/mol. The van der Waals surface area contributed by atoms with Crippen LogP contribution in [0.15, 0.2) is 12.1 Å². The smallest absolute Gasteiger partial charge is 0.224 e. The Hall–Kier alpha value is -1.61. The first-order valence-corrected chi connectivity index (χ1v) is 11.8. The maximum absolute atomic E-state index is 13.9. The molecule has 2 bridgehead atoms. The van der Waals surface area contributed by atoms with Crippen LogP contribution in [-0.2, 0) is 21.1 Å². The Labute approximate surface area is 169 Å². The fraction of sp³-hybridized carbons (Fsp3) is 0.650. The number of amides is 1. The Kier molecular flexibility index (Phi) is 6.57. The Morgan fingerprint density at radius 3 is 2.31 bits per heavy atom. The molecule has 9 heteroatoms. The third-order valence-corrected chi connectivity index (χ3v) is 7.98. The number of carbonyl (C=O) groups excluding carboxylic acids is 1. The number of nitrogens with zero attached hydrogens (tertiary/aromatic N) is 1. The number of hydrogen-bond donors (Lipinski definition) is 1. The Bertz CT molecular complexity index is 864. The van der Waals surface area contributed by atoms with Gasteiger partial charge in [0.05, 0.1) is 5.75 Å². The first kappa shape index (κ1) is 22.1. The first-order valence-electron chi connectivity index (χ1n) is 10.0. The van der Waals surface area contributed by atoms with Gasteiger partial charge in [0.1, 0.15) is 5.82 Å². The summed E-state index contributed by atoms with van der Waals surface area (Å²) < 4.78 is 63.9. The second-order valence-corrected chi connectivity index (χ2v) is 10.6. The highest BCUT2D eigenvalue weighted by Crippen LogP contribution is 2.40. The van der Waals surface area contributed by atoms with Crippen LogP contribution in [0.5, 0.6) is 0 Å². The normalized spacial score (nSPS) is 25.3. The van der Waals surface area contributed by atoms with E-state index in [2.05, 4.69) is 0 Å². The van der Waals surface area contributed by atoms with Crippen LogP contribution in [0.3, 0.4) is 0 Å². The van der Waals surface area contributed by atoms with Gasteiger partial charge in [0, 0.05) is 36.4 Å². The zero-order valence-corrected chi connectivity index (χ0v) is 17.2. The van der Waals surface area contributed by atoms with E-state index in [9.17, 15) is 26.4 Å². The predicted molar refractivity (Wildman–Crippen MR) is 103 cm³/mol. The van der Waals surface area contributed by atoms with Gasteiger partial charge in [-0.25, -0.2) is 21.6 Å². The van der Waals surface area contributed by atoms with Crippen LogP contribution < -0.4 is 5.73 Å². The number of rotatable bonds is 7. The fourth-order valence-electron chi connectivity index (χ4n) is 4.63. The van der Waals surface area contributed by atoms with Gasteiger partial charge in [-0.3, -0.25) is 4.79 Å².